The SMILES string of the molecule is COc1ccc(-c2cc3nc4c(c(=O)n3[nH]2)CN(C(=O)Nc2ccc(C)cc2C)CC4)cc1. The summed E-state index contributed by atoms with van der Waals surface area (Å²) in [4.78, 5) is 32.5. The van der Waals surface area contributed by atoms with Crippen LogP contribution < -0.4 is 15.6 Å². The number of aromatic amines is 1. The largest absolute Gasteiger partial charge is 0.497 e. The number of methoxy groups -OCH3 is 1. The van der Waals surface area contributed by atoms with Gasteiger partial charge in [0, 0.05) is 24.7 Å². The molecule has 2 aromatic heterocycles. The van der Waals surface area contributed by atoms with Crippen molar-refractivity contribution in [3.05, 3.63) is 81.3 Å². The van der Waals surface area contributed by atoms with Gasteiger partial charge in [-0.05, 0) is 55.3 Å². The number of aromatic nitrogens is 3. The maximum Gasteiger partial charge on any atom is 0.322 e. The van der Waals surface area contributed by atoms with Crippen molar-refractivity contribution in [2.45, 2.75) is 26.8 Å². The first-order valence-corrected chi connectivity index (χ1v) is 10.8. The number of H-pyrrole nitrogens is 1. The molecule has 2 amide bonds. The predicted molar refractivity (Wildman–Crippen MR) is 127 cm³/mol. The lowest BCUT2D eigenvalue weighted by Gasteiger charge is -2.28. The third-order valence-electron chi connectivity index (χ3n) is 6.07. The summed E-state index contributed by atoms with van der Waals surface area (Å²) in [6.07, 6.45) is 0.532. The van der Waals surface area contributed by atoms with Crippen LogP contribution in [0.1, 0.15) is 22.4 Å². The van der Waals surface area contributed by atoms with E-state index in [1.807, 2.05) is 62.4 Å². The van der Waals surface area contributed by atoms with Gasteiger partial charge < -0.3 is 15.0 Å². The second-order valence-electron chi connectivity index (χ2n) is 8.35. The molecule has 0 spiro atoms. The predicted octanol–water partition coefficient (Wildman–Crippen LogP) is 3.91. The Morgan fingerprint density at radius 2 is 1.91 bits per heavy atom. The van der Waals surface area contributed by atoms with Gasteiger partial charge in [-0.1, -0.05) is 17.7 Å². The van der Waals surface area contributed by atoms with Crippen LogP contribution in [-0.2, 0) is 13.0 Å². The number of nitrogens with zero attached hydrogens (tertiary/aromatic N) is 3. The number of benzene rings is 2. The molecule has 0 fully saturated rings. The molecule has 8 nitrogen and oxygen atoms in total. The van der Waals surface area contributed by atoms with E-state index in [-0.39, 0.29) is 18.1 Å². The summed E-state index contributed by atoms with van der Waals surface area (Å²) in [5, 5.41) is 6.12. The average Bonchev–Trinajstić information content (AvgIpc) is 3.25. The molecule has 1 aliphatic heterocycles. The zero-order valence-corrected chi connectivity index (χ0v) is 18.8. The van der Waals surface area contributed by atoms with Crippen LogP contribution in [0.2, 0.25) is 0 Å². The van der Waals surface area contributed by atoms with Gasteiger partial charge in [-0.2, -0.15) is 0 Å². The number of aryl methyl sites for hydroxylation is 2. The Morgan fingerprint density at radius 3 is 2.64 bits per heavy atom. The molecule has 5 rings (SSSR count). The Bertz CT molecular complexity index is 1420. The van der Waals surface area contributed by atoms with Crippen LogP contribution in [0.4, 0.5) is 10.5 Å². The Hall–Kier alpha value is -4.07. The van der Waals surface area contributed by atoms with E-state index < -0.39 is 0 Å². The Morgan fingerprint density at radius 1 is 1.12 bits per heavy atom. The van der Waals surface area contributed by atoms with Crippen LogP contribution in [-0.4, -0.2) is 39.2 Å². The first kappa shape index (κ1) is 20.8. The number of hydrogen-bond donors (Lipinski definition) is 2. The van der Waals surface area contributed by atoms with E-state index in [4.69, 9.17) is 9.72 Å². The number of carbonyl (C=O) groups excluding carboxylic acids is 1. The Kier molecular flexibility index (Phi) is 5.12. The maximum atomic E-state index is 13.2. The van der Waals surface area contributed by atoms with Gasteiger partial charge >= 0.3 is 6.03 Å². The summed E-state index contributed by atoms with van der Waals surface area (Å²) >= 11 is 0. The number of hydrogen-bond acceptors (Lipinski definition) is 4. The minimum absolute atomic E-state index is 0.182. The number of amides is 2. The van der Waals surface area contributed by atoms with Crippen LogP contribution >= 0.6 is 0 Å². The van der Waals surface area contributed by atoms with Crippen molar-refractivity contribution < 1.29 is 9.53 Å². The van der Waals surface area contributed by atoms with Gasteiger partial charge in [0.05, 0.1) is 30.6 Å². The molecule has 2 aromatic carbocycles. The van der Waals surface area contributed by atoms with Crippen LogP contribution in [0.5, 0.6) is 5.75 Å². The molecule has 1 aliphatic rings. The zero-order chi connectivity index (χ0) is 23.1. The summed E-state index contributed by atoms with van der Waals surface area (Å²) in [6.45, 7) is 4.70. The van der Waals surface area contributed by atoms with E-state index in [1.165, 1.54) is 4.52 Å². The molecule has 168 valence electrons. The van der Waals surface area contributed by atoms with Crippen molar-refractivity contribution in [1.29, 1.82) is 0 Å². The molecule has 0 saturated heterocycles. The summed E-state index contributed by atoms with van der Waals surface area (Å²) in [5.41, 5.74) is 6.30. The van der Waals surface area contributed by atoms with Gasteiger partial charge in [0.25, 0.3) is 5.56 Å². The van der Waals surface area contributed by atoms with E-state index in [1.54, 1.807) is 12.0 Å². The van der Waals surface area contributed by atoms with Crippen molar-refractivity contribution in [1.82, 2.24) is 19.5 Å². The first-order chi connectivity index (χ1) is 15.9. The van der Waals surface area contributed by atoms with E-state index in [0.29, 0.717) is 24.2 Å². The molecule has 8 heteroatoms. The number of nitrogens with one attached hydrogen (secondary N) is 2. The molecule has 3 heterocycles. The molecule has 0 aliphatic carbocycles. The Balaban J connectivity index is 1.42. The maximum absolute atomic E-state index is 13.2. The molecule has 0 saturated carbocycles. The summed E-state index contributed by atoms with van der Waals surface area (Å²) in [5.74, 6) is 0.764. The van der Waals surface area contributed by atoms with Gasteiger partial charge in [-0.3, -0.25) is 9.89 Å². The number of rotatable bonds is 3. The first-order valence-electron chi connectivity index (χ1n) is 10.8. The van der Waals surface area contributed by atoms with E-state index in [0.717, 1.165) is 39.5 Å². The van der Waals surface area contributed by atoms with Crippen molar-refractivity contribution in [3.8, 4) is 17.0 Å². The number of fused-ring (bicyclic) bond motifs is 2. The van der Waals surface area contributed by atoms with Gasteiger partial charge in [-0.15, -0.1) is 0 Å². The highest BCUT2D eigenvalue weighted by atomic mass is 16.5. The highest BCUT2D eigenvalue weighted by molar-refractivity contribution is 5.90. The smallest absolute Gasteiger partial charge is 0.322 e. The number of anilines is 1. The topological polar surface area (TPSA) is 91.7 Å². The molecular weight excluding hydrogens is 418 g/mol. The fraction of sp³-hybridized carbons (Fsp3) is 0.240. The van der Waals surface area contributed by atoms with Gasteiger partial charge in [0.2, 0.25) is 0 Å². The molecule has 4 aromatic rings. The molecule has 33 heavy (non-hydrogen) atoms. The molecule has 0 unspecified atom stereocenters. The number of carbonyl (C=O) groups is 1. The third-order valence-corrected chi connectivity index (χ3v) is 6.07. The number of urea groups is 1. The van der Waals surface area contributed by atoms with Gasteiger partial charge in [0.15, 0.2) is 5.65 Å². The minimum Gasteiger partial charge on any atom is -0.497 e. The van der Waals surface area contributed by atoms with E-state index in [2.05, 4.69) is 10.4 Å². The van der Waals surface area contributed by atoms with Gasteiger partial charge in [-0.25, -0.2) is 14.3 Å². The van der Waals surface area contributed by atoms with Crippen LogP contribution in [0.25, 0.3) is 16.9 Å². The molecule has 0 radical (unpaired) electrons. The van der Waals surface area contributed by atoms with Crippen molar-refractivity contribution in [2.24, 2.45) is 0 Å². The molecular formula is C25H25N5O3. The monoisotopic (exact) mass is 443 g/mol. The Labute approximate surface area is 190 Å². The molecule has 2 N–H and O–H groups in total. The van der Waals surface area contributed by atoms with Crippen molar-refractivity contribution in [3.63, 3.8) is 0 Å². The highest BCUT2D eigenvalue weighted by Crippen LogP contribution is 2.23. The fourth-order valence-corrected chi connectivity index (χ4v) is 4.22. The van der Waals surface area contributed by atoms with Crippen molar-refractivity contribution >= 4 is 17.4 Å². The lowest BCUT2D eigenvalue weighted by molar-refractivity contribution is 0.205. The minimum atomic E-state index is -0.220. The van der Waals surface area contributed by atoms with Crippen molar-refractivity contribution in [2.75, 3.05) is 19.0 Å². The third kappa shape index (κ3) is 3.84. The van der Waals surface area contributed by atoms with E-state index in [9.17, 15) is 9.59 Å². The summed E-state index contributed by atoms with van der Waals surface area (Å²) in [6, 6.07) is 15.1. The fourth-order valence-electron chi connectivity index (χ4n) is 4.22. The summed E-state index contributed by atoms with van der Waals surface area (Å²) in [7, 11) is 1.62. The lowest BCUT2D eigenvalue weighted by atomic mass is 10.1. The standard InChI is InChI=1S/C25H25N5O3/c1-15-4-9-20(16(2)12-15)27-25(32)29-11-10-21-19(14-29)24(31)30-23(26-21)13-22(28-30)17-5-7-18(33-3)8-6-17/h4-9,12-13,28H,10-11,14H2,1-3H3,(H,27,32). The normalized spacial score (nSPS) is 13.1. The zero-order valence-electron chi connectivity index (χ0n) is 18.8. The number of ether oxygens (including phenoxy) is 1. The summed E-state index contributed by atoms with van der Waals surface area (Å²) < 4.78 is 6.66. The molecule has 0 atom stereocenters. The van der Waals surface area contributed by atoms with Gasteiger partial charge in [0.1, 0.15) is 5.75 Å². The lowest BCUT2D eigenvalue weighted by Crippen LogP contribution is -2.42. The van der Waals surface area contributed by atoms with Crippen LogP contribution in [0.3, 0.4) is 0 Å². The second kappa shape index (κ2) is 8.12. The van der Waals surface area contributed by atoms with E-state index >= 15 is 0 Å². The van der Waals surface area contributed by atoms with Crippen LogP contribution in [0.15, 0.2) is 53.3 Å². The molecule has 0 bridgehead atoms. The highest BCUT2D eigenvalue weighted by Gasteiger charge is 2.26. The second-order valence-corrected chi connectivity index (χ2v) is 8.35. The van der Waals surface area contributed by atoms with Crippen LogP contribution in [0, 0.1) is 13.8 Å². The average molecular weight is 444 g/mol. The quantitative estimate of drug-likeness (QED) is 0.502.